The Kier molecular flexibility index (Phi) is 4.51. The van der Waals surface area contributed by atoms with E-state index < -0.39 is 20.4 Å². The maximum atomic E-state index is 12.5. The molecule has 0 amide bonds. The Morgan fingerprint density at radius 2 is 1.79 bits per heavy atom. The molecule has 14 heavy (non-hydrogen) atoms. The summed E-state index contributed by atoms with van der Waals surface area (Å²) in [7, 11) is -4.88. The van der Waals surface area contributed by atoms with Crippen molar-refractivity contribution >= 4 is 39.5 Å². The molecule has 0 aromatic heterocycles. The van der Waals surface area contributed by atoms with Crippen molar-refractivity contribution in [1.29, 1.82) is 0 Å². The summed E-state index contributed by atoms with van der Waals surface area (Å²) in [6.07, 6.45) is 0. The van der Waals surface area contributed by atoms with Crippen molar-refractivity contribution in [3.05, 3.63) is 29.8 Å². The van der Waals surface area contributed by atoms with Crippen molar-refractivity contribution in [2.24, 2.45) is 0 Å². The van der Waals surface area contributed by atoms with Gasteiger partial charge >= 0.3 is 10.2 Å². The Morgan fingerprint density at radius 1 is 1.29 bits per heavy atom. The normalized spacial score (nSPS) is 10.4. The van der Waals surface area contributed by atoms with Crippen molar-refractivity contribution in [2.45, 2.75) is 4.90 Å². The molecule has 0 aliphatic heterocycles. The third-order valence-electron chi connectivity index (χ3n) is 1.36. The second-order valence-corrected chi connectivity index (χ2v) is 3.87. The lowest BCUT2D eigenvalue weighted by molar-refractivity contribution is 0.107. The molecule has 0 fully saturated rings. The van der Waals surface area contributed by atoms with Gasteiger partial charge in [-0.2, -0.15) is 8.42 Å². The maximum Gasteiger partial charge on any atom is 0.332 e. The zero-order valence-corrected chi connectivity index (χ0v) is 9.00. The molecule has 0 aliphatic carbocycles. The molecule has 1 aromatic rings. The van der Waals surface area contributed by atoms with E-state index in [1.54, 1.807) is 0 Å². The molecule has 0 spiro atoms. The van der Waals surface area contributed by atoms with Crippen molar-refractivity contribution in [1.82, 2.24) is 0 Å². The summed E-state index contributed by atoms with van der Waals surface area (Å²) in [4.78, 5) is 9.95. The van der Waals surface area contributed by atoms with Crippen LogP contribution < -0.4 is 0 Å². The number of carbonyl (C=O) groups is 1. The number of benzene rings is 1. The molecular weight excluding hydrogens is 254 g/mol. The number of carbonyl (C=O) groups excluding carboxylic acids is 1. The minimum atomic E-state index is -4.88. The van der Waals surface area contributed by atoms with Gasteiger partial charge in [0.1, 0.15) is 4.90 Å². The molecule has 0 heterocycles. The highest BCUT2D eigenvalue weighted by molar-refractivity contribution is 7.86. The van der Waals surface area contributed by atoms with Crippen LogP contribution in [0.1, 0.15) is 10.4 Å². The summed E-state index contributed by atoms with van der Waals surface area (Å²) in [6, 6.07) is 4.81. The van der Waals surface area contributed by atoms with Crippen LogP contribution in [-0.2, 0) is 10.2 Å². The van der Waals surface area contributed by atoms with Gasteiger partial charge < -0.3 is 0 Å². The van der Waals surface area contributed by atoms with Crippen molar-refractivity contribution in [2.75, 3.05) is 0 Å². The standard InChI is InChI=1S/C7H4ClFO3S.ClH/c8-7(10)5-3-1-2-4-6(5)13(9,11)12;/h1-4H;1H. The SMILES string of the molecule is Cl.O=C(Cl)c1ccccc1S(=O)(=O)F. The number of hydrogen-bond acceptors (Lipinski definition) is 3. The lowest BCUT2D eigenvalue weighted by Crippen LogP contribution is -2.00. The fourth-order valence-electron chi connectivity index (χ4n) is 0.842. The van der Waals surface area contributed by atoms with Gasteiger partial charge in [0.2, 0.25) is 0 Å². The van der Waals surface area contributed by atoms with Gasteiger partial charge in [-0.3, -0.25) is 4.79 Å². The summed E-state index contributed by atoms with van der Waals surface area (Å²) >= 11 is 5.04. The number of hydrogen-bond donors (Lipinski definition) is 0. The number of rotatable bonds is 2. The predicted molar refractivity (Wildman–Crippen MR) is 52.2 cm³/mol. The molecule has 78 valence electrons. The zero-order valence-electron chi connectivity index (χ0n) is 6.61. The average molecular weight is 259 g/mol. The van der Waals surface area contributed by atoms with Gasteiger partial charge in [0.15, 0.2) is 0 Å². The molecule has 3 nitrogen and oxygen atoms in total. The minimum Gasteiger partial charge on any atom is -0.276 e. The summed E-state index contributed by atoms with van der Waals surface area (Å²) in [5.74, 6) is 0. The van der Waals surface area contributed by atoms with Crippen LogP contribution in [0.3, 0.4) is 0 Å². The van der Waals surface area contributed by atoms with Gasteiger partial charge in [0, 0.05) is 0 Å². The topological polar surface area (TPSA) is 51.2 Å². The monoisotopic (exact) mass is 258 g/mol. The van der Waals surface area contributed by atoms with Crippen LogP contribution in [0.5, 0.6) is 0 Å². The largest absolute Gasteiger partial charge is 0.332 e. The third-order valence-corrected chi connectivity index (χ3v) is 2.45. The highest BCUT2D eigenvalue weighted by Gasteiger charge is 2.19. The molecule has 0 unspecified atom stereocenters. The molecule has 7 heteroatoms. The fourth-order valence-corrected chi connectivity index (χ4v) is 1.73. The van der Waals surface area contributed by atoms with E-state index in [0.717, 1.165) is 12.1 Å². The van der Waals surface area contributed by atoms with Crippen LogP contribution in [0.2, 0.25) is 0 Å². The quantitative estimate of drug-likeness (QED) is 0.764. The molecule has 0 saturated carbocycles. The second kappa shape index (κ2) is 4.72. The van der Waals surface area contributed by atoms with E-state index in [-0.39, 0.29) is 18.0 Å². The molecule has 0 atom stereocenters. The first-order valence-corrected chi connectivity index (χ1v) is 4.92. The van der Waals surface area contributed by atoms with Crippen LogP contribution in [-0.4, -0.2) is 13.7 Å². The van der Waals surface area contributed by atoms with E-state index >= 15 is 0 Å². The van der Waals surface area contributed by atoms with Crippen molar-refractivity contribution in [3.63, 3.8) is 0 Å². The molecule has 0 saturated heterocycles. The molecule has 0 N–H and O–H groups in total. The third kappa shape index (κ3) is 2.94. The van der Waals surface area contributed by atoms with Crippen molar-refractivity contribution in [3.8, 4) is 0 Å². The Labute approximate surface area is 91.5 Å². The van der Waals surface area contributed by atoms with Crippen LogP contribution in [0, 0.1) is 0 Å². The summed E-state index contributed by atoms with van der Waals surface area (Å²) in [5, 5.41) is -1.00. The fraction of sp³-hybridized carbons (Fsp3) is 0. The Hall–Kier alpha value is -0.650. The first-order chi connectivity index (χ1) is 5.93. The van der Waals surface area contributed by atoms with Gasteiger partial charge in [0.05, 0.1) is 5.56 Å². The van der Waals surface area contributed by atoms with Gasteiger partial charge in [-0.1, -0.05) is 12.1 Å². The van der Waals surface area contributed by atoms with Crippen LogP contribution in [0.15, 0.2) is 29.2 Å². The van der Waals surface area contributed by atoms with E-state index in [1.807, 2.05) is 0 Å². The van der Waals surface area contributed by atoms with Crippen molar-refractivity contribution < 1.29 is 17.1 Å². The molecule has 1 aromatic carbocycles. The molecular formula is C7H5Cl2FO3S. The van der Waals surface area contributed by atoms with E-state index in [2.05, 4.69) is 0 Å². The maximum absolute atomic E-state index is 12.5. The predicted octanol–water partition coefficient (Wildman–Crippen LogP) is 2.15. The summed E-state index contributed by atoms with van der Waals surface area (Å²) in [6.45, 7) is 0. The second-order valence-electron chi connectivity index (χ2n) is 2.21. The average Bonchev–Trinajstić information content (AvgIpc) is 2.03. The smallest absolute Gasteiger partial charge is 0.276 e. The van der Waals surface area contributed by atoms with Gasteiger partial charge in [-0.25, -0.2) is 0 Å². The van der Waals surface area contributed by atoms with E-state index in [9.17, 15) is 17.1 Å². The minimum absolute atomic E-state index is 0. The lowest BCUT2D eigenvalue weighted by Gasteiger charge is -1.98. The summed E-state index contributed by atoms with van der Waals surface area (Å²) < 4.78 is 33.5. The van der Waals surface area contributed by atoms with Gasteiger partial charge in [0.25, 0.3) is 5.24 Å². The van der Waals surface area contributed by atoms with Gasteiger partial charge in [-0.05, 0) is 23.7 Å². The first-order valence-electron chi connectivity index (χ1n) is 3.16. The van der Waals surface area contributed by atoms with Crippen LogP contribution in [0.25, 0.3) is 0 Å². The summed E-state index contributed by atoms with van der Waals surface area (Å²) in [5.41, 5.74) is -0.355. The first kappa shape index (κ1) is 13.4. The van der Waals surface area contributed by atoms with E-state index in [4.69, 9.17) is 11.6 Å². The van der Waals surface area contributed by atoms with E-state index in [0.29, 0.717) is 0 Å². The highest BCUT2D eigenvalue weighted by Crippen LogP contribution is 2.19. The van der Waals surface area contributed by atoms with Crippen LogP contribution in [0.4, 0.5) is 3.89 Å². The molecule has 0 bridgehead atoms. The van der Waals surface area contributed by atoms with Crippen LogP contribution >= 0.6 is 24.0 Å². The highest BCUT2D eigenvalue weighted by atomic mass is 35.5. The Balaban J connectivity index is 0.00000169. The Bertz CT molecular complexity index is 444. The Morgan fingerprint density at radius 3 is 2.14 bits per heavy atom. The molecule has 0 aliphatic rings. The lowest BCUT2D eigenvalue weighted by atomic mass is 10.2. The zero-order chi connectivity index (χ0) is 10.1. The number of halogens is 3. The molecule has 0 radical (unpaired) electrons. The van der Waals surface area contributed by atoms with Gasteiger partial charge in [-0.15, -0.1) is 16.3 Å². The van der Waals surface area contributed by atoms with E-state index in [1.165, 1.54) is 12.1 Å². The molecule has 1 rings (SSSR count).